The van der Waals surface area contributed by atoms with Gasteiger partial charge in [-0.1, -0.05) is 24.0 Å². The highest BCUT2D eigenvalue weighted by molar-refractivity contribution is 7.98. The van der Waals surface area contributed by atoms with Crippen LogP contribution in [0.4, 0.5) is 0 Å². The van der Waals surface area contributed by atoms with E-state index in [9.17, 15) is 0 Å². The maximum atomic E-state index is 5.82. The Morgan fingerprint density at radius 1 is 0.895 bits per heavy atom. The molecule has 2 heteroatoms. The van der Waals surface area contributed by atoms with Gasteiger partial charge in [0, 0.05) is 22.1 Å². The Bertz CT molecular complexity index is 586. The van der Waals surface area contributed by atoms with Gasteiger partial charge < -0.3 is 5.73 Å². The number of rotatable bonds is 2. The minimum Gasteiger partial charge on any atom is -0.324 e. The lowest BCUT2D eigenvalue weighted by atomic mass is 10.1. The number of thioether (sulfide) groups is 1. The SMILES string of the molecule is CSc1ccc(C#Cc2ccc([C@H](C)N)cc2)cc1. The third kappa shape index (κ3) is 3.89. The first-order valence-corrected chi connectivity index (χ1v) is 7.43. The first-order chi connectivity index (χ1) is 9.19. The zero-order chi connectivity index (χ0) is 13.7. The molecular weight excluding hydrogens is 250 g/mol. The second-order valence-corrected chi connectivity index (χ2v) is 5.27. The average molecular weight is 267 g/mol. The van der Waals surface area contributed by atoms with Gasteiger partial charge in [-0.15, -0.1) is 11.8 Å². The third-order valence-corrected chi connectivity index (χ3v) is 3.62. The Morgan fingerprint density at radius 3 is 1.79 bits per heavy atom. The summed E-state index contributed by atoms with van der Waals surface area (Å²) in [5.41, 5.74) is 9.00. The molecule has 0 radical (unpaired) electrons. The number of benzene rings is 2. The highest BCUT2D eigenvalue weighted by Gasteiger charge is 1.97. The summed E-state index contributed by atoms with van der Waals surface area (Å²) in [5.74, 6) is 6.34. The van der Waals surface area contributed by atoms with Crippen LogP contribution in [0, 0.1) is 11.8 Å². The summed E-state index contributed by atoms with van der Waals surface area (Å²) in [5, 5.41) is 0. The molecule has 2 aromatic carbocycles. The largest absolute Gasteiger partial charge is 0.324 e. The van der Waals surface area contributed by atoms with Crippen LogP contribution in [0.5, 0.6) is 0 Å². The molecule has 0 unspecified atom stereocenters. The van der Waals surface area contributed by atoms with Gasteiger partial charge >= 0.3 is 0 Å². The highest BCUT2D eigenvalue weighted by atomic mass is 32.2. The van der Waals surface area contributed by atoms with E-state index in [1.807, 2.05) is 31.2 Å². The Labute approximate surface area is 119 Å². The molecule has 1 atom stereocenters. The first-order valence-electron chi connectivity index (χ1n) is 6.20. The summed E-state index contributed by atoms with van der Waals surface area (Å²) in [6.07, 6.45) is 2.07. The van der Waals surface area contributed by atoms with Gasteiger partial charge in [0.05, 0.1) is 0 Å². The standard InChI is InChI=1S/C17H17NS/c1-13(18)16-9-5-14(6-10-16)3-4-15-7-11-17(19-2)12-8-15/h5-13H,18H2,1-2H3/t13-/m0/s1. The van der Waals surface area contributed by atoms with Crippen molar-refractivity contribution in [3.63, 3.8) is 0 Å². The normalized spacial score (nSPS) is 11.5. The van der Waals surface area contributed by atoms with Crippen LogP contribution in [0.1, 0.15) is 29.7 Å². The summed E-state index contributed by atoms with van der Waals surface area (Å²) < 4.78 is 0. The fourth-order valence-corrected chi connectivity index (χ4v) is 2.10. The van der Waals surface area contributed by atoms with E-state index in [1.165, 1.54) is 4.90 Å². The topological polar surface area (TPSA) is 26.0 Å². The van der Waals surface area contributed by atoms with Crippen LogP contribution in [0.25, 0.3) is 0 Å². The zero-order valence-corrected chi connectivity index (χ0v) is 12.0. The zero-order valence-electron chi connectivity index (χ0n) is 11.2. The van der Waals surface area contributed by atoms with E-state index < -0.39 is 0 Å². The lowest BCUT2D eigenvalue weighted by molar-refractivity contribution is 0.818. The van der Waals surface area contributed by atoms with Crippen LogP contribution in [0.2, 0.25) is 0 Å². The van der Waals surface area contributed by atoms with E-state index in [0.29, 0.717) is 0 Å². The van der Waals surface area contributed by atoms with Crippen molar-refractivity contribution in [2.24, 2.45) is 5.73 Å². The van der Waals surface area contributed by atoms with Crippen molar-refractivity contribution in [1.29, 1.82) is 0 Å². The van der Waals surface area contributed by atoms with Crippen LogP contribution >= 0.6 is 11.8 Å². The Balaban J connectivity index is 2.14. The minimum absolute atomic E-state index is 0.0705. The van der Waals surface area contributed by atoms with Gasteiger partial charge in [-0.25, -0.2) is 0 Å². The van der Waals surface area contributed by atoms with Crippen molar-refractivity contribution in [2.45, 2.75) is 17.9 Å². The van der Waals surface area contributed by atoms with Crippen molar-refractivity contribution in [3.05, 3.63) is 65.2 Å². The van der Waals surface area contributed by atoms with Gasteiger partial charge in [-0.2, -0.15) is 0 Å². The summed E-state index contributed by atoms with van der Waals surface area (Å²) in [7, 11) is 0. The first kappa shape index (κ1) is 13.7. The molecule has 0 saturated heterocycles. The Hall–Kier alpha value is -1.69. The summed E-state index contributed by atoms with van der Waals surface area (Å²) >= 11 is 1.74. The van der Waals surface area contributed by atoms with E-state index in [-0.39, 0.29) is 6.04 Å². The van der Waals surface area contributed by atoms with Crippen molar-refractivity contribution in [1.82, 2.24) is 0 Å². The van der Waals surface area contributed by atoms with Crippen LogP contribution in [0.15, 0.2) is 53.4 Å². The van der Waals surface area contributed by atoms with Crippen LogP contribution in [-0.4, -0.2) is 6.26 Å². The lowest BCUT2D eigenvalue weighted by Crippen LogP contribution is -2.04. The van der Waals surface area contributed by atoms with Gasteiger partial charge in [-0.3, -0.25) is 0 Å². The number of hydrogen-bond donors (Lipinski definition) is 1. The van der Waals surface area contributed by atoms with Gasteiger partial charge in [0.2, 0.25) is 0 Å². The Kier molecular flexibility index (Phi) is 4.68. The molecule has 0 heterocycles. The molecule has 2 aromatic rings. The van der Waals surface area contributed by atoms with Crippen molar-refractivity contribution in [2.75, 3.05) is 6.26 Å². The van der Waals surface area contributed by atoms with E-state index in [4.69, 9.17) is 5.73 Å². The van der Waals surface area contributed by atoms with E-state index in [2.05, 4.69) is 42.4 Å². The number of nitrogens with two attached hydrogens (primary N) is 1. The molecule has 0 aliphatic heterocycles. The Morgan fingerprint density at radius 2 is 1.37 bits per heavy atom. The minimum atomic E-state index is 0.0705. The maximum Gasteiger partial charge on any atom is 0.0266 e. The second kappa shape index (κ2) is 6.47. The molecule has 0 bridgehead atoms. The quantitative estimate of drug-likeness (QED) is 0.661. The molecule has 0 saturated carbocycles. The third-order valence-electron chi connectivity index (χ3n) is 2.88. The maximum absolute atomic E-state index is 5.82. The van der Waals surface area contributed by atoms with Crippen LogP contribution in [-0.2, 0) is 0 Å². The molecule has 1 nitrogen and oxygen atoms in total. The molecule has 0 aliphatic carbocycles. The average Bonchev–Trinajstić information content (AvgIpc) is 2.46. The lowest BCUT2D eigenvalue weighted by Gasteiger charge is -2.04. The molecule has 0 fully saturated rings. The predicted molar refractivity (Wildman–Crippen MR) is 83.2 cm³/mol. The van der Waals surface area contributed by atoms with Gasteiger partial charge in [0.25, 0.3) is 0 Å². The second-order valence-electron chi connectivity index (χ2n) is 4.39. The van der Waals surface area contributed by atoms with E-state index in [0.717, 1.165) is 16.7 Å². The van der Waals surface area contributed by atoms with Crippen molar-refractivity contribution in [3.8, 4) is 11.8 Å². The van der Waals surface area contributed by atoms with Gasteiger partial charge in [-0.05, 0) is 55.1 Å². The molecule has 0 aromatic heterocycles. The highest BCUT2D eigenvalue weighted by Crippen LogP contribution is 2.14. The molecule has 19 heavy (non-hydrogen) atoms. The fourth-order valence-electron chi connectivity index (χ4n) is 1.69. The van der Waals surface area contributed by atoms with Gasteiger partial charge in [0.1, 0.15) is 0 Å². The molecular formula is C17H17NS. The smallest absolute Gasteiger partial charge is 0.0266 e. The van der Waals surface area contributed by atoms with Crippen LogP contribution < -0.4 is 5.73 Å². The summed E-state index contributed by atoms with van der Waals surface area (Å²) in [4.78, 5) is 1.26. The van der Waals surface area contributed by atoms with E-state index >= 15 is 0 Å². The number of hydrogen-bond acceptors (Lipinski definition) is 2. The molecule has 2 N–H and O–H groups in total. The molecule has 2 rings (SSSR count). The monoisotopic (exact) mass is 267 g/mol. The molecule has 96 valence electrons. The summed E-state index contributed by atoms with van der Waals surface area (Å²) in [6.45, 7) is 1.98. The van der Waals surface area contributed by atoms with Gasteiger partial charge in [0.15, 0.2) is 0 Å². The predicted octanol–water partition coefficient (Wildman–Crippen LogP) is 3.83. The molecule has 0 amide bonds. The molecule has 0 spiro atoms. The fraction of sp³-hybridized carbons (Fsp3) is 0.176. The van der Waals surface area contributed by atoms with Crippen molar-refractivity contribution >= 4 is 11.8 Å². The molecule has 0 aliphatic rings. The van der Waals surface area contributed by atoms with Crippen molar-refractivity contribution < 1.29 is 0 Å². The summed E-state index contributed by atoms with van der Waals surface area (Å²) in [6, 6.07) is 16.5. The van der Waals surface area contributed by atoms with E-state index in [1.54, 1.807) is 11.8 Å². The van der Waals surface area contributed by atoms with Crippen LogP contribution in [0.3, 0.4) is 0 Å².